The van der Waals surface area contributed by atoms with Gasteiger partial charge in [-0.15, -0.1) is 11.3 Å². The van der Waals surface area contributed by atoms with E-state index < -0.39 is 0 Å². The van der Waals surface area contributed by atoms with Gasteiger partial charge in [0.25, 0.3) is 5.91 Å². The molecule has 142 valence electrons. The summed E-state index contributed by atoms with van der Waals surface area (Å²) < 4.78 is 0. The van der Waals surface area contributed by atoms with Crippen LogP contribution < -0.4 is 0 Å². The first-order valence-corrected chi connectivity index (χ1v) is 10.4. The Morgan fingerprint density at radius 3 is 2.66 bits per heavy atom. The summed E-state index contributed by atoms with van der Waals surface area (Å²) in [6.45, 7) is 6.20. The lowest BCUT2D eigenvalue weighted by Gasteiger charge is -2.27. The molecular weight excluding hydrogens is 402 g/mol. The molecule has 2 aromatic heterocycles. The SMILES string of the molecule is C=C1c2ccccc2C(=O)N1[C@@H](C)c1cc2cccc(Cl)c2nc1-c1cncs1. The lowest BCUT2D eigenvalue weighted by atomic mass is 10.0. The maximum atomic E-state index is 13.2. The fourth-order valence-corrected chi connectivity index (χ4v) is 4.74. The second-order valence-electron chi connectivity index (χ2n) is 6.95. The van der Waals surface area contributed by atoms with Crippen molar-refractivity contribution in [1.82, 2.24) is 14.9 Å². The normalized spacial score (nSPS) is 14.5. The smallest absolute Gasteiger partial charge is 0.259 e. The number of nitrogens with zero attached hydrogens (tertiary/aromatic N) is 3. The lowest BCUT2D eigenvalue weighted by molar-refractivity contribution is 0.0812. The molecule has 0 aliphatic carbocycles. The molecule has 0 unspecified atom stereocenters. The highest BCUT2D eigenvalue weighted by Gasteiger charge is 2.35. The van der Waals surface area contributed by atoms with Crippen molar-refractivity contribution in [2.45, 2.75) is 13.0 Å². The predicted molar refractivity (Wildman–Crippen MR) is 118 cm³/mol. The molecule has 0 N–H and O–H groups in total. The van der Waals surface area contributed by atoms with E-state index >= 15 is 0 Å². The summed E-state index contributed by atoms with van der Waals surface area (Å²) in [6.07, 6.45) is 1.79. The van der Waals surface area contributed by atoms with Crippen LogP contribution in [-0.4, -0.2) is 20.8 Å². The number of hydrogen-bond acceptors (Lipinski definition) is 4. The van der Waals surface area contributed by atoms with Crippen molar-refractivity contribution in [2.75, 3.05) is 0 Å². The van der Waals surface area contributed by atoms with E-state index in [0.29, 0.717) is 16.3 Å². The Hall–Kier alpha value is -3.02. The van der Waals surface area contributed by atoms with Gasteiger partial charge in [0.1, 0.15) is 0 Å². The summed E-state index contributed by atoms with van der Waals surface area (Å²) >= 11 is 7.91. The Morgan fingerprint density at radius 2 is 1.93 bits per heavy atom. The number of rotatable bonds is 3. The van der Waals surface area contributed by atoms with Crippen LogP contribution in [0.1, 0.15) is 34.5 Å². The van der Waals surface area contributed by atoms with Crippen molar-refractivity contribution in [1.29, 1.82) is 0 Å². The Kier molecular flexibility index (Phi) is 4.23. The van der Waals surface area contributed by atoms with E-state index in [1.807, 2.05) is 49.4 Å². The van der Waals surface area contributed by atoms with Gasteiger partial charge in [0, 0.05) is 34.0 Å². The van der Waals surface area contributed by atoms with Gasteiger partial charge < -0.3 is 4.90 Å². The Labute approximate surface area is 177 Å². The third-order valence-electron chi connectivity index (χ3n) is 5.31. The summed E-state index contributed by atoms with van der Waals surface area (Å²) in [5, 5.41) is 1.53. The Bertz CT molecular complexity index is 1250. The summed E-state index contributed by atoms with van der Waals surface area (Å²) in [5.74, 6) is -0.0421. The van der Waals surface area contributed by atoms with Crippen LogP contribution in [0.5, 0.6) is 0 Å². The third kappa shape index (κ3) is 2.77. The maximum absolute atomic E-state index is 13.2. The van der Waals surface area contributed by atoms with E-state index in [0.717, 1.165) is 32.6 Å². The molecular formula is C23H16ClN3OS. The Morgan fingerprint density at radius 1 is 1.14 bits per heavy atom. The summed E-state index contributed by atoms with van der Waals surface area (Å²) in [5.41, 5.74) is 6.50. The minimum absolute atomic E-state index is 0.0421. The topological polar surface area (TPSA) is 46.1 Å². The molecule has 1 aliphatic rings. The average molecular weight is 418 g/mol. The van der Waals surface area contributed by atoms with Gasteiger partial charge >= 0.3 is 0 Å². The van der Waals surface area contributed by atoms with E-state index in [2.05, 4.69) is 17.6 Å². The first-order chi connectivity index (χ1) is 14.1. The van der Waals surface area contributed by atoms with Crippen LogP contribution >= 0.6 is 22.9 Å². The molecule has 0 saturated carbocycles. The Balaban J connectivity index is 1.70. The summed E-state index contributed by atoms with van der Waals surface area (Å²) in [4.78, 5) is 24.9. The fraction of sp³-hybridized carbons (Fsp3) is 0.0870. The maximum Gasteiger partial charge on any atom is 0.259 e. The van der Waals surface area contributed by atoms with Gasteiger partial charge in [0.15, 0.2) is 0 Å². The number of aromatic nitrogens is 2. The number of benzene rings is 2. The molecule has 1 aliphatic heterocycles. The van der Waals surface area contributed by atoms with Gasteiger partial charge in [0.05, 0.1) is 32.7 Å². The molecule has 4 aromatic rings. The lowest BCUT2D eigenvalue weighted by Crippen LogP contribution is -2.27. The van der Waals surface area contributed by atoms with Gasteiger partial charge in [0.2, 0.25) is 0 Å². The molecule has 29 heavy (non-hydrogen) atoms. The molecule has 2 aromatic carbocycles. The van der Waals surface area contributed by atoms with Gasteiger partial charge in [-0.1, -0.05) is 48.5 Å². The van der Waals surface area contributed by atoms with E-state index in [1.165, 1.54) is 11.3 Å². The third-order valence-corrected chi connectivity index (χ3v) is 6.39. The zero-order valence-corrected chi connectivity index (χ0v) is 17.2. The average Bonchev–Trinajstić information content (AvgIpc) is 3.35. The van der Waals surface area contributed by atoms with Gasteiger partial charge in [-0.05, 0) is 25.1 Å². The number of halogens is 1. The number of pyridine rings is 1. The first kappa shape index (κ1) is 18.0. The van der Waals surface area contributed by atoms with Crippen LogP contribution in [0.25, 0.3) is 27.2 Å². The minimum Gasteiger partial charge on any atom is -0.301 e. The first-order valence-electron chi connectivity index (χ1n) is 9.16. The second kappa shape index (κ2) is 6.79. The van der Waals surface area contributed by atoms with E-state index in [9.17, 15) is 4.79 Å². The molecule has 4 nitrogen and oxygen atoms in total. The van der Waals surface area contributed by atoms with E-state index in [1.54, 1.807) is 16.6 Å². The van der Waals surface area contributed by atoms with Crippen LogP contribution in [-0.2, 0) is 0 Å². The zero-order valence-electron chi connectivity index (χ0n) is 15.6. The standard InChI is InChI=1S/C23H16ClN3OS/c1-13-16-7-3-4-8-17(16)23(28)27(13)14(2)18-10-15-6-5-9-19(24)21(15)26-22(18)20-11-25-12-29-20/h3-12,14H,1H2,2H3/t14-/m0/s1. The van der Waals surface area contributed by atoms with Gasteiger partial charge in [-0.3, -0.25) is 9.78 Å². The highest BCUT2D eigenvalue weighted by Crippen LogP contribution is 2.42. The molecule has 0 saturated heterocycles. The van der Waals surface area contributed by atoms with Gasteiger partial charge in [-0.2, -0.15) is 0 Å². The molecule has 3 heterocycles. The highest BCUT2D eigenvalue weighted by atomic mass is 35.5. The van der Waals surface area contributed by atoms with Crippen LogP contribution in [0.15, 0.2) is 66.8 Å². The van der Waals surface area contributed by atoms with Crippen molar-refractivity contribution in [3.8, 4) is 10.6 Å². The monoisotopic (exact) mass is 417 g/mol. The van der Waals surface area contributed by atoms with Crippen molar-refractivity contribution >= 4 is 45.4 Å². The highest BCUT2D eigenvalue weighted by molar-refractivity contribution is 7.13. The summed E-state index contributed by atoms with van der Waals surface area (Å²) in [6, 6.07) is 15.1. The second-order valence-corrected chi connectivity index (χ2v) is 8.24. The van der Waals surface area contributed by atoms with Crippen molar-refractivity contribution in [2.24, 2.45) is 0 Å². The fourth-order valence-electron chi connectivity index (χ4n) is 3.88. The van der Waals surface area contributed by atoms with Crippen molar-refractivity contribution in [3.05, 3.63) is 88.5 Å². The van der Waals surface area contributed by atoms with E-state index in [4.69, 9.17) is 16.6 Å². The molecule has 0 fully saturated rings. The van der Waals surface area contributed by atoms with Crippen LogP contribution in [0.4, 0.5) is 0 Å². The van der Waals surface area contributed by atoms with Crippen LogP contribution in [0.3, 0.4) is 0 Å². The number of amides is 1. The van der Waals surface area contributed by atoms with Gasteiger partial charge in [-0.25, -0.2) is 4.98 Å². The molecule has 1 atom stereocenters. The van der Waals surface area contributed by atoms with Crippen molar-refractivity contribution in [3.63, 3.8) is 0 Å². The van der Waals surface area contributed by atoms with Crippen molar-refractivity contribution < 1.29 is 4.79 Å². The number of carbonyl (C=O) groups excluding carboxylic acids is 1. The molecule has 6 heteroatoms. The van der Waals surface area contributed by atoms with Crippen LogP contribution in [0.2, 0.25) is 5.02 Å². The minimum atomic E-state index is -0.254. The molecule has 0 radical (unpaired) electrons. The van der Waals surface area contributed by atoms with Crippen LogP contribution in [0, 0.1) is 0 Å². The molecule has 0 bridgehead atoms. The van der Waals surface area contributed by atoms with E-state index in [-0.39, 0.29) is 11.9 Å². The largest absolute Gasteiger partial charge is 0.301 e. The zero-order chi connectivity index (χ0) is 20.1. The number of carbonyl (C=O) groups is 1. The number of thiazole rings is 1. The number of para-hydroxylation sites is 1. The molecule has 1 amide bonds. The number of fused-ring (bicyclic) bond motifs is 2. The molecule has 0 spiro atoms. The molecule has 5 rings (SSSR count). The quantitative estimate of drug-likeness (QED) is 0.398. The predicted octanol–water partition coefficient (Wildman–Crippen LogP) is 6.20. The number of hydrogen-bond donors (Lipinski definition) is 0. The summed E-state index contributed by atoms with van der Waals surface area (Å²) in [7, 11) is 0.